The summed E-state index contributed by atoms with van der Waals surface area (Å²) in [6.45, 7) is 2.19. The van der Waals surface area contributed by atoms with Gasteiger partial charge in [0.05, 0.1) is 19.8 Å². The fourth-order valence-corrected chi connectivity index (χ4v) is 6.20. The lowest BCUT2D eigenvalue weighted by atomic mass is 10.0. The van der Waals surface area contributed by atoms with Gasteiger partial charge in [0.2, 0.25) is 0 Å². The third kappa shape index (κ3) is 38.0. The summed E-state index contributed by atoms with van der Waals surface area (Å²) >= 11 is 0. The number of carbonyl (C=O) groups excluding carboxylic acids is 2. The molecule has 10 nitrogen and oxygen atoms in total. The molecule has 0 saturated carbocycles. The Morgan fingerprint density at radius 3 is 1.57 bits per heavy atom. The number of hydrogen-bond acceptors (Lipinski definition) is 9. The Bertz CT molecular complexity index is 1030. The quantitative estimate of drug-likeness (QED) is 0.0240. The first kappa shape index (κ1) is 50.9. The number of ether oxygens (including phenoxy) is 2. The molecule has 0 bridgehead atoms. The second-order valence-corrected chi connectivity index (χ2v) is 15.2. The van der Waals surface area contributed by atoms with Crippen molar-refractivity contribution in [1.82, 2.24) is 0 Å². The van der Waals surface area contributed by atoms with Crippen LogP contribution in [0.15, 0.2) is 48.6 Å². The van der Waals surface area contributed by atoms with Crippen LogP contribution in [-0.2, 0) is 32.7 Å². The molecule has 53 heavy (non-hydrogen) atoms. The van der Waals surface area contributed by atoms with Gasteiger partial charge in [-0.1, -0.05) is 172 Å². The average Bonchev–Trinajstić information content (AvgIpc) is 3.14. The molecule has 0 aliphatic rings. The predicted octanol–water partition coefficient (Wildman–Crippen LogP) is 10.6. The van der Waals surface area contributed by atoms with Crippen LogP contribution in [0.5, 0.6) is 0 Å². The Morgan fingerprint density at radius 2 is 1.04 bits per heavy atom. The highest BCUT2D eigenvalue weighted by molar-refractivity contribution is 7.47. The van der Waals surface area contributed by atoms with Crippen LogP contribution in [0, 0.1) is 0 Å². The van der Waals surface area contributed by atoms with E-state index in [1.165, 1.54) is 83.5 Å². The van der Waals surface area contributed by atoms with Crippen LogP contribution < -0.4 is 0 Å². The number of phosphoric acid groups is 1. The Hall–Kier alpha value is -2.07. The van der Waals surface area contributed by atoms with Crippen molar-refractivity contribution in [3.05, 3.63) is 48.6 Å². The number of rotatable bonds is 38. The molecule has 2 unspecified atom stereocenters. The summed E-state index contributed by atoms with van der Waals surface area (Å²) in [7, 11) is -4.62. The minimum atomic E-state index is -4.62. The standard InChI is InChI=1S/C42H75O10P/c1-3-5-7-9-11-13-15-17-18-19-20-22-23-25-27-29-31-33-41(45)49-37-40(38-51-53(47,48)50-36-39(44)35-43)52-42(46)34-32-30-28-26-24-21-16-14-12-10-8-6-4-2/h6,8,10,12,14,16,21,24,39-40,43-44H,3-5,7,9,11,13,15,17-20,22-23,25-38H2,1-2H3,(H,47,48)/b8-6+,12-10+,16-14+,24-21+/t39-,40?/m0/s1. The lowest BCUT2D eigenvalue weighted by Crippen LogP contribution is -2.29. The number of carbonyl (C=O) groups is 2. The molecule has 0 saturated heterocycles. The average molecular weight is 771 g/mol. The molecule has 0 amide bonds. The van der Waals surface area contributed by atoms with Crippen molar-refractivity contribution >= 4 is 19.8 Å². The van der Waals surface area contributed by atoms with Gasteiger partial charge < -0.3 is 24.6 Å². The number of unbranched alkanes of at least 4 members (excludes halogenated alkanes) is 19. The minimum absolute atomic E-state index is 0.138. The van der Waals surface area contributed by atoms with E-state index >= 15 is 0 Å². The molecule has 3 atom stereocenters. The van der Waals surface area contributed by atoms with Crippen molar-refractivity contribution in [3.63, 3.8) is 0 Å². The van der Waals surface area contributed by atoms with Gasteiger partial charge in [0.15, 0.2) is 6.10 Å². The number of aliphatic hydroxyl groups excluding tert-OH is 2. The van der Waals surface area contributed by atoms with Crippen molar-refractivity contribution < 1.29 is 47.8 Å². The van der Waals surface area contributed by atoms with Crippen molar-refractivity contribution in [2.45, 2.75) is 180 Å². The van der Waals surface area contributed by atoms with E-state index in [-0.39, 0.29) is 19.4 Å². The van der Waals surface area contributed by atoms with E-state index in [9.17, 15) is 24.2 Å². The summed E-state index contributed by atoms with van der Waals surface area (Å²) in [5.41, 5.74) is 0. The highest BCUT2D eigenvalue weighted by atomic mass is 31.2. The zero-order valence-corrected chi connectivity index (χ0v) is 34.1. The number of esters is 2. The maximum absolute atomic E-state index is 12.5. The van der Waals surface area contributed by atoms with Gasteiger partial charge in [-0.15, -0.1) is 0 Å². The number of hydrogen-bond donors (Lipinski definition) is 3. The molecule has 0 radical (unpaired) electrons. The summed E-state index contributed by atoms with van der Waals surface area (Å²) in [5.74, 6) is -0.969. The van der Waals surface area contributed by atoms with Gasteiger partial charge in [0.25, 0.3) is 0 Å². The van der Waals surface area contributed by atoms with E-state index in [1.807, 2.05) is 36.5 Å². The first-order valence-electron chi connectivity index (χ1n) is 20.6. The van der Waals surface area contributed by atoms with Crippen LogP contribution in [0.4, 0.5) is 0 Å². The van der Waals surface area contributed by atoms with Crippen molar-refractivity contribution in [1.29, 1.82) is 0 Å². The van der Waals surface area contributed by atoms with Crippen molar-refractivity contribution in [2.24, 2.45) is 0 Å². The molecule has 0 aromatic rings. The van der Waals surface area contributed by atoms with Crippen molar-refractivity contribution in [2.75, 3.05) is 26.4 Å². The van der Waals surface area contributed by atoms with Crippen LogP contribution in [0.1, 0.15) is 168 Å². The largest absolute Gasteiger partial charge is 0.472 e. The maximum atomic E-state index is 12.5. The molecule has 0 spiro atoms. The molecular weight excluding hydrogens is 695 g/mol. The van der Waals surface area contributed by atoms with E-state index in [4.69, 9.17) is 19.1 Å². The van der Waals surface area contributed by atoms with Gasteiger partial charge in [-0.25, -0.2) is 4.57 Å². The molecule has 0 aliphatic heterocycles. The van der Waals surface area contributed by atoms with Crippen LogP contribution in [0.2, 0.25) is 0 Å². The monoisotopic (exact) mass is 771 g/mol. The molecule has 11 heteroatoms. The summed E-state index contributed by atoms with van der Waals surface area (Å²) in [5, 5.41) is 18.3. The number of allylic oxidation sites excluding steroid dienone is 8. The third-order valence-corrected chi connectivity index (χ3v) is 9.54. The SMILES string of the molecule is CC/C=C/C=C/C=C/C=C/CCCCCC(=O)OC(COC(=O)CCCCCCCCCCCCCCCCCCC)COP(=O)(O)OC[C@@H](O)CO. The molecule has 0 aromatic carbocycles. The highest BCUT2D eigenvalue weighted by Gasteiger charge is 2.27. The van der Waals surface area contributed by atoms with Gasteiger partial charge in [-0.3, -0.25) is 18.6 Å². The number of phosphoric ester groups is 1. The van der Waals surface area contributed by atoms with Crippen LogP contribution in [0.25, 0.3) is 0 Å². The fourth-order valence-electron chi connectivity index (χ4n) is 5.42. The second-order valence-electron chi connectivity index (χ2n) is 13.7. The van der Waals surface area contributed by atoms with E-state index < -0.39 is 51.8 Å². The van der Waals surface area contributed by atoms with Gasteiger partial charge in [-0.2, -0.15) is 0 Å². The topological polar surface area (TPSA) is 149 Å². The summed E-state index contributed by atoms with van der Waals surface area (Å²) < 4.78 is 32.6. The van der Waals surface area contributed by atoms with Gasteiger partial charge in [0, 0.05) is 12.8 Å². The molecule has 0 aromatic heterocycles. The van der Waals surface area contributed by atoms with E-state index in [1.54, 1.807) is 0 Å². The zero-order chi connectivity index (χ0) is 39.1. The Morgan fingerprint density at radius 1 is 0.585 bits per heavy atom. The Balaban J connectivity index is 4.34. The lowest BCUT2D eigenvalue weighted by Gasteiger charge is -2.20. The summed E-state index contributed by atoms with van der Waals surface area (Å²) in [6, 6.07) is 0. The maximum Gasteiger partial charge on any atom is 0.472 e. The van der Waals surface area contributed by atoms with Crippen LogP contribution in [0.3, 0.4) is 0 Å². The molecule has 0 aliphatic carbocycles. The molecule has 0 heterocycles. The lowest BCUT2D eigenvalue weighted by molar-refractivity contribution is -0.161. The van der Waals surface area contributed by atoms with E-state index in [2.05, 4.69) is 30.5 Å². The van der Waals surface area contributed by atoms with Crippen molar-refractivity contribution in [3.8, 4) is 0 Å². The van der Waals surface area contributed by atoms with Crippen LogP contribution >= 0.6 is 7.82 Å². The summed E-state index contributed by atoms with van der Waals surface area (Å²) in [6.07, 6.45) is 39.4. The zero-order valence-electron chi connectivity index (χ0n) is 33.2. The molecule has 3 N–H and O–H groups in total. The van der Waals surface area contributed by atoms with Gasteiger partial charge in [0.1, 0.15) is 12.7 Å². The highest BCUT2D eigenvalue weighted by Crippen LogP contribution is 2.43. The normalized spacial score (nSPS) is 14.4. The second kappa shape index (κ2) is 38.2. The first-order valence-corrected chi connectivity index (χ1v) is 22.1. The number of aliphatic hydroxyl groups is 2. The van der Waals surface area contributed by atoms with Crippen LogP contribution in [-0.4, -0.2) is 65.7 Å². The Labute approximate surface area is 322 Å². The predicted molar refractivity (Wildman–Crippen MR) is 214 cm³/mol. The Kier molecular flexibility index (Phi) is 36.7. The molecule has 308 valence electrons. The van der Waals surface area contributed by atoms with E-state index in [0.29, 0.717) is 12.8 Å². The van der Waals surface area contributed by atoms with E-state index in [0.717, 1.165) is 44.9 Å². The summed E-state index contributed by atoms with van der Waals surface area (Å²) in [4.78, 5) is 34.9. The van der Waals surface area contributed by atoms with Gasteiger partial charge >= 0.3 is 19.8 Å². The molecule has 0 rings (SSSR count). The van der Waals surface area contributed by atoms with Gasteiger partial charge in [-0.05, 0) is 32.1 Å². The first-order chi connectivity index (χ1) is 25.7. The third-order valence-electron chi connectivity index (χ3n) is 8.59. The minimum Gasteiger partial charge on any atom is -0.462 e. The molecular formula is C42H75O10P. The fraction of sp³-hybridized carbons (Fsp3) is 0.762. The molecule has 0 fully saturated rings. The smallest absolute Gasteiger partial charge is 0.462 e.